The van der Waals surface area contributed by atoms with Crippen LogP contribution in [0.5, 0.6) is 0 Å². The number of nitrogens with zero attached hydrogens (tertiary/aromatic N) is 3. The second-order valence-electron chi connectivity index (χ2n) is 5.26. The van der Waals surface area contributed by atoms with Gasteiger partial charge in [-0.3, -0.25) is 4.79 Å². The molecule has 2 rings (SSSR count). The van der Waals surface area contributed by atoms with Crippen LogP contribution < -0.4 is 4.90 Å². The molecule has 2 unspecified atom stereocenters. The second kappa shape index (κ2) is 5.84. The second-order valence-corrected chi connectivity index (χ2v) is 6.12. The fraction of sp³-hybridized carbons (Fsp3) is 0.467. The minimum atomic E-state index is -0.393. The van der Waals surface area contributed by atoms with Crippen LogP contribution in [0.25, 0.3) is 0 Å². The third kappa shape index (κ3) is 2.66. The molecule has 20 heavy (non-hydrogen) atoms. The standard InChI is InChI=1S/C15H18BrN3O/c1-10-4-5-12(8-13(10)16)19-9-11(2)18(3)15(20)14(19)6-7-17/h4-5,8,11,14H,6,9H2,1-3H3. The first-order valence-corrected chi connectivity index (χ1v) is 7.41. The third-order valence-electron chi connectivity index (χ3n) is 3.90. The Morgan fingerprint density at radius 3 is 2.80 bits per heavy atom. The predicted molar refractivity (Wildman–Crippen MR) is 82.5 cm³/mol. The molecule has 1 aliphatic heterocycles. The number of hydrogen-bond acceptors (Lipinski definition) is 3. The number of aryl methyl sites for hydroxylation is 1. The lowest BCUT2D eigenvalue weighted by Crippen LogP contribution is -2.59. The monoisotopic (exact) mass is 335 g/mol. The van der Waals surface area contributed by atoms with Gasteiger partial charge in [0.1, 0.15) is 6.04 Å². The number of piperazine rings is 1. The topological polar surface area (TPSA) is 47.3 Å². The highest BCUT2D eigenvalue weighted by molar-refractivity contribution is 9.10. The molecule has 106 valence electrons. The number of carbonyl (C=O) groups excluding carboxylic acids is 1. The third-order valence-corrected chi connectivity index (χ3v) is 4.76. The number of likely N-dealkylation sites (N-methyl/N-ethyl adjacent to an activating group) is 1. The first kappa shape index (κ1) is 14.9. The summed E-state index contributed by atoms with van der Waals surface area (Å²) in [5, 5.41) is 9.00. The molecular formula is C15H18BrN3O. The van der Waals surface area contributed by atoms with Gasteiger partial charge in [-0.25, -0.2) is 0 Å². The van der Waals surface area contributed by atoms with Crippen LogP contribution in [0.3, 0.4) is 0 Å². The summed E-state index contributed by atoms with van der Waals surface area (Å²) >= 11 is 3.53. The van der Waals surface area contributed by atoms with Gasteiger partial charge >= 0.3 is 0 Å². The van der Waals surface area contributed by atoms with Gasteiger partial charge in [0, 0.05) is 29.8 Å². The summed E-state index contributed by atoms with van der Waals surface area (Å²) in [5.74, 6) is 0.0157. The molecule has 0 bridgehead atoms. The molecule has 0 aromatic heterocycles. The number of nitriles is 1. The summed E-state index contributed by atoms with van der Waals surface area (Å²) < 4.78 is 1.02. The molecule has 0 spiro atoms. The molecule has 0 N–H and O–H groups in total. The van der Waals surface area contributed by atoms with E-state index in [4.69, 9.17) is 5.26 Å². The number of rotatable bonds is 2. The highest BCUT2D eigenvalue weighted by Crippen LogP contribution is 2.29. The lowest BCUT2D eigenvalue weighted by Gasteiger charge is -2.43. The summed E-state index contributed by atoms with van der Waals surface area (Å²) in [6.07, 6.45) is 0.210. The van der Waals surface area contributed by atoms with Crippen molar-refractivity contribution < 1.29 is 4.79 Å². The minimum Gasteiger partial charge on any atom is -0.357 e. The highest BCUT2D eigenvalue weighted by Gasteiger charge is 2.36. The van der Waals surface area contributed by atoms with Crippen LogP contribution in [0.2, 0.25) is 0 Å². The Morgan fingerprint density at radius 1 is 1.50 bits per heavy atom. The van der Waals surface area contributed by atoms with Gasteiger partial charge in [-0.05, 0) is 31.5 Å². The van der Waals surface area contributed by atoms with E-state index in [9.17, 15) is 4.79 Å². The van der Waals surface area contributed by atoms with E-state index < -0.39 is 6.04 Å². The van der Waals surface area contributed by atoms with Crippen molar-refractivity contribution in [3.8, 4) is 6.07 Å². The van der Waals surface area contributed by atoms with E-state index in [1.807, 2.05) is 36.9 Å². The SMILES string of the molecule is Cc1ccc(N2CC(C)N(C)C(=O)C2CC#N)cc1Br. The Kier molecular flexibility index (Phi) is 4.34. The number of carbonyl (C=O) groups is 1. The summed E-state index contributed by atoms with van der Waals surface area (Å²) in [6, 6.07) is 7.92. The van der Waals surface area contributed by atoms with Gasteiger partial charge in [-0.1, -0.05) is 22.0 Å². The van der Waals surface area contributed by atoms with E-state index in [0.29, 0.717) is 0 Å². The lowest BCUT2D eigenvalue weighted by molar-refractivity contribution is -0.134. The van der Waals surface area contributed by atoms with Crippen molar-refractivity contribution >= 4 is 27.5 Å². The smallest absolute Gasteiger partial charge is 0.246 e. The zero-order valence-corrected chi connectivity index (χ0v) is 13.5. The average molecular weight is 336 g/mol. The molecule has 1 aromatic rings. The molecule has 1 saturated heterocycles. The van der Waals surface area contributed by atoms with Crippen molar-refractivity contribution in [2.24, 2.45) is 0 Å². The summed E-state index contributed by atoms with van der Waals surface area (Å²) in [5.41, 5.74) is 2.13. The van der Waals surface area contributed by atoms with E-state index in [-0.39, 0.29) is 18.4 Å². The van der Waals surface area contributed by atoms with Crippen molar-refractivity contribution in [1.29, 1.82) is 5.26 Å². The Morgan fingerprint density at radius 2 is 2.20 bits per heavy atom. The first-order valence-electron chi connectivity index (χ1n) is 6.62. The Hall–Kier alpha value is -1.54. The maximum atomic E-state index is 12.4. The van der Waals surface area contributed by atoms with Crippen LogP contribution >= 0.6 is 15.9 Å². The molecule has 4 nitrogen and oxygen atoms in total. The first-order chi connectivity index (χ1) is 9.45. The quantitative estimate of drug-likeness (QED) is 0.834. The van der Waals surface area contributed by atoms with E-state index in [1.165, 1.54) is 0 Å². The van der Waals surface area contributed by atoms with Gasteiger partial charge in [0.2, 0.25) is 5.91 Å². The molecule has 5 heteroatoms. The van der Waals surface area contributed by atoms with Gasteiger partial charge in [0.25, 0.3) is 0 Å². The molecule has 0 aliphatic carbocycles. The molecule has 2 atom stereocenters. The van der Waals surface area contributed by atoms with E-state index in [0.717, 1.165) is 22.3 Å². The lowest BCUT2D eigenvalue weighted by atomic mass is 10.0. The van der Waals surface area contributed by atoms with Gasteiger partial charge in [0.05, 0.1) is 12.5 Å². The summed E-state index contributed by atoms with van der Waals surface area (Å²) in [4.78, 5) is 16.2. The highest BCUT2D eigenvalue weighted by atomic mass is 79.9. The Labute approximate surface area is 128 Å². The van der Waals surface area contributed by atoms with Crippen LogP contribution in [0, 0.1) is 18.3 Å². The molecule has 1 fully saturated rings. The van der Waals surface area contributed by atoms with Gasteiger partial charge in [-0.15, -0.1) is 0 Å². The predicted octanol–water partition coefficient (Wildman–Crippen LogP) is 2.71. The number of halogens is 1. The number of anilines is 1. The number of benzene rings is 1. The molecule has 0 radical (unpaired) electrons. The maximum Gasteiger partial charge on any atom is 0.246 e. The molecular weight excluding hydrogens is 318 g/mol. The van der Waals surface area contributed by atoms with Gasteiger partial charge in [-0.2, -0.15) is 5.26 Å². The van der Waals surface area contributed by atoms with Crippen molar-refractivity contribution in [3.05, 3.63) is 28.2 Å². The van der Waals surface area contributed by atoms with Crippen LogP contribution in [-0.4, -0.2) is 36.5 Å². The fourth-order valence-corrected chi connectivity index (χ4v) is 2.82. The van der Waals surface area contributed by atoms with Crippen molar-refractivity contribution in [2.45, 2.75) is 32.4 Å². The summed E-state index contributed by atoms with van der Waals surface area (Å²) in [6.45, 7) is 4.79. The largest absolute Gasteiger partial charge is 0.357 e. The van der Waals surface area contributed by atoms with Crippen LogP contribution in [0.4, 0.5) is 5.69 Å². The molecule has 0 saturated carbocycles. The van der Waals surface area contributed by atoms with E-state index in [2.05, 4.69) is 22.0 Å². The zero-order valence-electron chi connectivity index (χ0n) is 11.9. The Balaban J connectivity index is 2.38. The minimum absolute atomic E-state index is 0.0157. The zero-order chi connectivity index (χ0) is 14.9. The van der Waals surface area contributed by atoms with Crippen LogP contribution in [0.15, 0.2) is 22.7 Å². The molecule has 1 aliphatic rings. The van der Waals surface area contributed by atoms with Gasteiger partial charge in [0.15, 0.2) is 0 Å². The Bertz CT molecular complexity index is 567. The molecule has 1 amide bonds. The maximum absolute atomic E-state index is 12.4. The van der Waals surface area contributed by atoms with Crippen LogP contribution in [0.1, 0.15) is 18.9 Å². The summed E-state index contributed by atoms with van der Waals surface area (Å²) in [7, 11) is 1.81. The normalized spacial score (nSPS) is 22.9. The van der Waals surface area contributed by atoms with Gasteiger partial charge < -0.3 is 9.80 Å². The van der Waals surface area contributed by atoms with Crippen LogP contribution in [-0.2, 0) is 4.79 Å². The number of hydrogen-bond donors (Lipinski definition) is 0. The van der Waals surface area contributed by atoms with Crippen molar-refractivity contribution in [3.63, 3.8) is 0 Å². The van der Waals surface area contributed by atoms with Crippen molar-refractivity contribution in [2.75, 3.05) is 18.5 Å². The number of amides is 1. The van der Waals surface area contributed by atoms with E-state index in [1.54, 1.807) is 11.9 Å². The van der Waals surface area contributed by atoms with Crippen molar-refractivity contribution in [1.82, 2.24) is 4.90 Å². The molecule has 1 heterocycles. The fourth-order valence-electron chi connectivity index (χ4n) is 2.45. The average Bonchev–Trinajstić information content (AvgIpc) is 2.42. The van der Waals surface area contributed by atoms with E-state index >= 15 is 0 Å². The molecule has 1 aromatic carbocycles.